The fourth-order valence-corrected chi connectivity index (χ4v) is 7.67. The first-order valence-electron chi connectivity index (χ1n) is 15.7. The molecule has 1 aliphatic rings. The number of aromatic nitrogens is 4. The minimum atomic E-state index is -2.39. The number of hydrogen-bond donors (Lipinski definition) is 1. The molecule has 1 fully saturated rings. The summed E-state index contributed by atoms with van der Waals surface area (Å²) in [7, 11) is 0. The highest BCUT2D eigenvalue weighted by Gasteiger charge is 2.29. The van der Waals surface area contributed by atoms with Crippen molar-refractivity contribution in [2.24, 2.45) is 0 Å². The van der Waals surface area contributed by atoms with Crippen molar-refractivity contribution in [3.05, 3.63) is 74.4 Å². The Labute approximate surface area is 289 Å². The average Bonchev–Trinajstić information content (AvgIpc) is 3.52. The molecule has 0 saturated carbocycles. The highest BCUT2D eigenvalue weighted by Crippen LogP contribution is 2.39. The van der Waals surface area contributed by atoms with Crippen molar-refractivity contribution >= 4 is 55.8 Å². The number of carboxylic acids is 1. The molecule has 11 nitrogen and oxygen atoms in total. The molecule has 1 aromatic carbocycles. The third-order valence-corrected chi connectivity index (χ3v) is 10.0. The molecule has 1 aliphatic heterocycles. The number of piperidine rings is 1. The molecule has 1 saturated heterocycles. The maximum Gasteiger partial charge on any atom is 0.338 e. The Balaban J connectivity index is 1.28. The zero-order valence-corrected chi connectivity index (χ0v) is 28.3. The number of likely N-dealkylation sites (tertiary alicyclic amines) is 1. The SMILES string of the molecule is CCN(c1ncc2nc(C)n(CCOc3ccc(Cl)cc3-c3ccnc4c(C(=O)O)csc34)c(=O)c2c1C#N)C1CCN(CC(F)F)CC1. The zero-order valence-electron chi connectivity index (χ0n) is 26.7. The summed E-state index contributed by atoms with van der Waals surface area (Å²) in [6.45, 7) is 5.09. The molecule has 15 heteroatoms. The van der Waals surface area contributed by atoms with Crippen molar-refractivity contribution in [3.8, 4) is 22.9 Å². The molecule has 6 rings (SSSR count). The Morgan fingerprint density at radius 2 is 2.02 bits per heavy atom. The van der Waals surface area contributed by atoms with Crippen LogP contribution in [0.15, 0.2) is 46.8 Å². The molecule has 0 radical (unpaired) electrons. The topological polar surface area (TPSA) is 137 Å². The summed E-state index contributed by atoms with van der Waals surface area (Å²) in [5.41, 5.74) is 1.85. The van der Waals surface area contributed by atoms with Gasteiger partial charge in [-0.05, 0) is 51.0 Å². The van der Waals surface area contributed by atoms with Gasteiger partial charge >= 0.3 is 5.97 Å². The van der Waals surface area contributed by atoms with Crippen LogP contribution in [0.4, 0.5) is 14.6 Å². The largest absolute Gasteiger partial charge is 0.491 e. The number of carbonyl (C=O) groups is 1. The second kappa shape index (κ2) is 14.4. The summed E-state index contributed by atoms with van der Waals surface area (Å²) in [5.74, 6) is 0.208. The van der Waals surface area contributed by atoms with Gasteiger partial charge < -0.3 is 14.7 Å². The van der Waals surface area contributed by atoms with Crippen molar-refractivity contribution in [1.29, 1.82) is 5.26 Å². The predicted octanol–water partition coefficient (Wildman–Crippen LogP) is 6.23. The maximum atomic E-state index is 14.0. The molecule has 0 bridgehead atoms. The highest BCUT2D eigenvalue weighted by atomic mass is 35.5. The van der Waals surface area contributed by atoms with Gasteiger partial charge in [-0.3, -0.25) is 19.2 Å². The monoisotopic (exact) mass is 707 g/mol. The molecule has 0 amide bonds. The van der Waals surface area contributed by atoms with Crippen molar-refractivity contribution in [3.63, 3.8) is 0 Å². The van der Waals surface area contributed by atoms with E-state index in [0.717, 1.165) is 0 Å². The number of ether oxygens (including phenoxy) is 1. The van der Waals surface area contributed by atoms with Gasteiger partial charge in [0.2, 0.25) is 0 Å². The Hall–Kier alpha value is -4.71. The summed E-state index contributed by atoms with van der Waals surface area (Å²) in [5, 5.41) is 22.1. The number of halogens is 3. The van der Waals surface area contributed by atoms with Crippen LogP contribution in [0.5, 0.6) is 5.75 Å². The summed E-state index contributed by atoms with van der Waals surface area (Å²) in [6, 6.07) is 9.08. The van der Waals surface area contributed by atoms with Crippen LogP contribution in [-0.4, -0.2) is 80.7 Å². The van der Waals surface area contributed by atoms with Crippen LogP contribution in [0, 0.1) is 18.3 Å². The van der Waals surface area contributed by atoms with Gasteiger partial charge in [0.15, 0.2) is 0 Å². The highest BCUT2D eigenvalue weighted by molar-refractivity contribution is 7.18. The number of pyridine rings is 2. The molecule has 1 N–H and O–H groups in total. The number of nitriles is 1. The number of anilines is 1. The normalized spacial score (nSPS) is 14.1. The Kier molecular flexibility index (Phi) is 10.0. The number of alkyl halides is 2. The predicted molar refractivity (Wildman–Crippen MR) is 184 cm³/mol. The average molecular weight is 708 g/mol. The van der Waals surface area contributed by atoms with E-state index in [1.54, 1.807) is 41.5 Å². The first kappa shape index (κ1) is 34.2. The lowest BCUT2D eigenvalue weighted by molar-refractivity contribution is 0.0698. The number of fused-ring (bicyclic) bond motifs is 2. The van der Waals surface area contributed by atoms with Crippen LogP contribution in [0.2, 0.25) is 5.02 Å². The molecule has 0 unspecified atom stereocenters. The van der Waals surface area contributed by atoms with E-state index >= 15 is 0 Å². The van der Waals surface area contributed by atoms with Crippen LogP contribution in [0.25, 0.3) is 32.2 Å². The van der Waals surface area contributed by atoms with Crippen LogP contribution in [0.3, 0.4) is 0 Å². The molecular weight excluding hydrogens is 676 g/mol. The molecule has 5 aromatic rings. The zero-order chi connectivity index (χ0) is 34.8. The number of hydrogen-bond acceptors (Lipinski definition) is 10. The number of nitrogens with zero attached hydrogens (tertiary/aromatic N) is 7. The second-order valence-corrected chi connectivity index (χ2v) is 12.9. The Morgan fingerprint density at radius 1 is 1.24 bits per heavy atom. The minimum Gasteiger partial charge on any atom is -0.491 e. The van der Waals surface area contributed by atoms with Gasteiger partial charge in [-0.25, -0.2) is 23.5 Å². The van der Waals surface area contributed by atoms with Gasteiger partial charge in [0.25, 0.3) is 12.0 Å². The Bertz CT molecular complexity index is 2140. The van der Waals surface area contributed by atoms with Gasteiger partial charge in [0.05, 0.1) is 46.0 Å². The molecule has 254 valence electrons. The summed E-state index contributed by atoms with van der Waals surface area (Å²) >= 11 is 7.63. The van der Waals surface area contributed by atoms with Crippen molar-refractivity contribution in [2.75, 3.05) is 37.7 Å². The van der Waals surface area contributed by atoms with Gasteiger partial charge in [-0.1, -0.05) is 11.6 Å². The van der Waals surface area contributed by atoms with Crippen molar-refractivity contribution in [1.82, 2.24) is 24.4 Å². The quantitative estimate of drug-likeness (QED) is 0.168. The second-order valence-electron chi connectivity index (χ2n) is 11.6. The van der Waals surface area contributed by atoms with E-state index in [2.05, 4.69) is 21.0 Å². The number of aryl methyl sites for hydroxylation is 1. The van der Waals surface area contributed by atoms with Crippen LogP contribution in [-0.2, 0) is 6.54 Å². The Morgan fingerprint density at radius 3 is 2.71 bits per heavy atom. The van der Waals surface area contributed by atoms with E-state index in [1.807, 2.05) is 11.8 Å². The van der Waals surface area contributed by atoms with Gasteiger partial charge in [-0.15, -0.1) is 11.3 Å². The van der Waals surface area contributed by atoms with Crippen molar-refractivity contribution in [2.45, 2.75) is 45.7 Å². The van der Waals surface area contributed by atoms with E-state index in [4.69, 9.17) is 16.3 Å². The lowest BCUT2D eigenvalue weighted by Crippen LogP contribution is -2.46. The van der Waals surface area contributed by atoms with Crippen LogP contribution < -0.4 is 15.2 Å². The van der Waals surface area contributed by atoms with E-state index < -0.39 is 18.0 Å². The maximum absolute atomic E-state index is 14.0. The lowest BCUT2D eigenvalue weighted by atomic mass is 10.0. The summed E-state index contributed by atoms with van der Waals surface area (Å²) in [4.78, 5) is 42.9. The lowest BCUT2D eigenvalue weighted by Gasteiger charge is -2.39. The first-order valence-corrected chi connectivity index (χ1v) is 17.0. The fraction of sp³-hybridized carbons (Fsp3) is 0.353. The molecule has 49 heavy (non-hydrogen) atoms. The number of carboxylic acid groups (broad SMARTS) is 1. The molecule has 0 atom stereocenters. The van der Waals surface area contributed by atoms with Gasteiger partial charge in [0.1, 0.15) is 35.6 Å². The molecular formula is C34H32ClF2N7O4S. The summed E-state index contributed by atoms with van der Waals surface area (Å²) < 4.78 is 34.2. The molecule has 4 aromatic heterocycles. The standard InChI is InChI=1S/C34H32ClF2N7O4S/c1-3-43(21-7-10-42(11-8-21)17-28(36)37)32-24(15-38)29-26(16-40-32)41-19(2)44(33(29)45)12-13-48-27-5-4-20(35)14-23(27)22-6-9-39-30-25(34(46)47)18-49-31(22)30/h4-6,9,14,16,18,21,28H,3,7-8,10-13,17H2,1-2H3,(H,46,47). The van der Waals surface area contributed by atoms with E-state index in [-0.39, 0.29) is 42.3 Å². The number of benzene rings is 1. The van der Waals surface area contributed by atoms with Gasteiger partial charge in [0, 0.05) is 53.4 Å². The molecule has 5 heterocycles. The van der Waals surface area contributed by atoms with E-state index in [1.165, 1.54) is 28.3 Å². The number of thiophene rings is 1. The number of aromatic carboxylic acids is 1. The van der Waals surface area contributed by atoms with E-state index in [9.17, 15) is 28.7 Å². The molecule has 0 aliphatic carbocycles. The molecule has 0 spiro atoms. The van der Waals surface area contributed by atoms with Crippen molar-refractivity contribution < 1.29 is 23.4 Å². The van der Waals surface area contributed by atoms with E-state index in [0.29, 0.717) is 81.8 Å². The fourth-order valence-electron chi connectivity index (χ4n) is 6.47. The van der Waals surface area contributed by atoms with Crippen LogP contribution >= 0.6 is 22.9 Å². The third-order valence-electron chi connectivity index (χ3n) is 8.78. The third kappa shape index (κ3) is 6.79. The number of rotatable bonds is 11. The smallest absolute Gasteiger partial charge is 0.338 e. The first-order chi connectivity index (χ1) is 23.6. The minimum absolute atomic E-state index is 0.0231. The van der Waals surface area contributed by atoms with Gasteiger partial charge in [-0.2, -0.15) is 5.26 Å². The summed E-state index contributed by atoms with van der Waals surface area (Å²) in [6.07, 6.45) is 1.91. The van der Waals surface area contributed by atoms with Crippen LogP contribution in [0.1, 0.15) is 41.5 Å².